The van der Waals surface area contributed by atoms with Crippen LogP contribution < -0.4 is 11.1 Å². The van der Waals surface area contributed by atoms with Crippen molar-refractivity contribution in [3.63, 3.8) is 0 Å². The molecule has 0 spiro atoms. The van der Waals surface area contributed by atoms with E-state index in [-0.39, 0.29) is 0 Å². The Labute approximate surface area is 97.0 Å². The van der Waals surface area contributed by atoms with Crippen LogP contribution in [0.15, 0.2) is 24.3 Å². The third-order valence-corrected chi connectivity index (χ3v) is 3.35. The van der Waals surface area contributed by atoms with E-state index in [0.717, 1.165) is 30.9 Å². The topological polar surface area (TPSA) is 47.3 Å². The molecule has 0 amide bonds. The molecule has 1 aromatic carbocycles. The molecule has 3 heteroatoms. The van der Waals surface area contributed by atoms with E-state index in [1.54, 1.807) is 7.11 Å². The van der Waals surface area contributed by atoms with Gasteiger partial charge in [0.15, 0.2) is 0 Å². The molecular formula is C13H20N2O. The minimum absolute atomic E-state index is 0.473. The lowest BCUT2D eigenvalue weighted by Gasteiger charge is -2.16. The highest BCUT2D eigenvalue weighted by atomic mass is 16.5. The van der Waals surface area contributed by atoms with Crippen LogP contribution in [0.3, 0.4) is 0 Å². The van der Waals surface area contributed by atoms with Gasteiger partial charge in [-0.05, 0) is 42.9 Å². The summed E-state index contributed by atoms with van der Waals surface area (Å²) in [7, 11) is 1.77. The number of methoxy groups -OCH3 is 1. The molecule has 0 aromatic heterocycles. The first-order valence-corrected chi connectivity index (χ1v) is 5.82. The Kier molecular flexibility index (Phi) is 3.34. The van der Waals surface area contributed by atoms with Crippen molar-refractivity contribution < 1.29 is 4.74 Å². The van der Waals surface area contributed by atoms with E-state index in [2.05, 4.69) is 11.4 Å². The summed E-state index contributed by atoms with van der Waals surface area (Å²) in [5.41, 5.74) is 8.13. The molecule has 1 aliphatic rings. The second kappa shape index (κ2) is 4.74. The van der Waals surface area contributed by atoms with Crippen molar-refractivity contribution in [3.8, 4) is 0 Å². The summed E-state index contributed by atoms with van der Waals surface area (Å²) in [6.07, 6.45) is 3.77. The summed E-state index contributed by atoms with van der Waals surface area (Å²) >= 11 is 0. The highest BCUT2D eigenvalue weighted by Crippen LogP contribution is 2.48. The second-order valence-corrected chi connectivity index (χ2v) is 4.72. The summed E-state index contributed by atoms with van der Waals surface area (Å²) in [6, 6.07) is 7.92. The average Bonchev–Trinajstić information content (AvgIpc) is 3.05. The quantitative estimate of drug-likeness (QED) is 0.724. The minimum atomic E-state index is 0.473. The lowest BCUT2D eigenvalue weighted by molar-refractivity contribution is 0.175. The summed E-state index contributed by atoms with van der Waals surface area (Å²) < 4.78 is 5.14. The highest BCUT2D eigenvalue weighted by molar-refractivity contribution is 5.54. The molecule has 1 aliphatic carbocycles. The molecule has 0 bridgehead atoms. The molecule has 3 N–H and O–H groups in total. The van der Waals surface area contributed by atoms with Crippen molar-refractivity contribution in [2.45, 2.75) is 19.3 Å². The Bertz CT molecular complexity index is 348. The highest BCUT2D eigenvalue weighted by Gasteiger charge is 2.41. The van der Waals surface area contributed by atoms with Gasteiger partial charge in [0.1, 0.15) is 0 Å². The number of rotatable bonds is 6. The fourth-order valence-corrected chi connectivity index (χ4v) is 1.95. The molecule has 0 atom stereocenters. The summed E-state index contributed by atoms with van der Waals surface area (Å²) in [5, 5.41) is 3.46. The SMILES string of the molecule is COCCC1(CNc2cccc(N)c2)CC1. The average molecular weight is 220 g/mol. The number of anilines is 2. The number of ether oxygens (including phenoxy) is 1. The first-order chi connectivity index (χ1) is 7.74. The van der Waals surface area contributed by atoms with E-state index in [0.29, 0.717) is 5.41 Å². The number of nitrogens with two attached hydrogens (primary N) is 1. The number of nitrogen functional groups attached to an aromatic ring is 1. The molecule has 0 unspecified atom stereocenters. The van der Waals surface area contributed by atoms with Gasteiger partial charge in [-0.2, -0.15) is 0 Å². The van der Waals surface area contributed by atoms with E-state index >= 15 is 0 Å². The van der Waals surface area contributed by atoms with Gasteiger partial charge < -0.3 is 15.8 Å². The molecule has 2 rings (SSSR count). The van der Waals surface area contributed by atoms with Crippen molar-refractivity contribution in [3.05, 3.63) is 24.3 Å². The van der Waals surface area contributed by atoms with Gasteiger partial charge in [-0.1, -0.05) is 6.07 Å². The van der Waals surface area contributed by atoms with Crippen molar-refractivity contribution in [2.24, 2.45) is 5.41 Å². The first-order valence-electron chi connectivity index (χ1n) is 5.82. The first kappa shape index (κ1) is 11.3. The van der Waals surface area contributed by atoms with Gasteiger partial charge in [0.25, 0.3) is 0 Å². The van der Waals surface area contributed by atoms with Crippen LogP contribution in [0.5, 0.6) is 0 Å². The predicted octanol–water partition coefficient (Wildman–Crippen LogP) is 2.50. The van der Waals surface area contributed by atoms with E-state index in [1.807, 2.05) is 18.2 Å². The van der Waals surface area contributed by atoms with Gasteiger partial charge in [0.05, 0.1) is 0 Å². The summed E-state index contributed by atoms with van der Waals surface area (Å²) in [6.45, 7) is 1.89. The molecular weight excluding hydrogens is 200 g/mol. The monoisotopic (exact) mass is 220 g/mol. The molecule has 3 nitrogen and oxygen atoms in total. The van der Waals surface area contributed by atoms with Crippen LogP contribution in [0.25, 0.3) is 0 Å². The number of benzene rings is 1. The van der Waals surface area contributed by atoms with E-state index in [4.69, 9.17) is 10.5 Å². The Morgan fingerprint density at radius 2 is 2.25 bits per heavy atom. The van der Waals surface area contributed by atoms with Crippen LogP contribution in [0.1, 0.15) is 19.3 Å². The van der Waals surface area contributed by atoms with E-state index in [1.165, 1.54) is 12.8 Å². The van der Waals surface area contributed by atoms with Gasteiger partial charge in [-0.25, -0.2) is 0 Å². The number of hydrogen-bond donors (Lipinski definition) is 2. The van der Waals surface area contributed by atoms with Crippen LogP contribution >= 0.6 is 0 Å². The normalized spacial score (nSPS) is 17.1. The van der Waals surface area contributed by atoms with E-state index in [9.17, 15) is 0 Å². The van der Waals surface area contributed by atoms with Crippen LogP contribution in [0.2, 0.25) is 0 Å². The van der Waals surface area contributed by atoms with Crippen molar-refractivity contribution in [2.75, 3.05) is 31.3 Å². The predicted molar refractivity (Wildman–Crippen MR) is 67.5 cm³/mol. The van der Waals surface area contributed by atoms with Crippen molar-refractivity contribution in [1.82, 2.24) is 0 Å². The second-order valence-electron chi connectivity index (χ2n) is 4.72. The van der Waals surface area contributed by atoms with E-state index < -0.39 is 0 Å². The molecule has 16 heavy (non-hydrogen) atoms. The van der Waals surface area contributed by atoms with Crippen LogP contribution in [0.4, 0.5) is 11.4 Å². The third-order valence-electron chi connectivity index (χ3n) is 3.35. The molecule has 1 aromatic rings. The Morgan fingerprint density at radius 3 is 2.88 bits per heavy atom. The molecule has 0 radical (unpaired) electrons. The standard InChI is InChI=1S/C13H20N2O/c1-16-8-7-13(5-6-13)10-15-12-4-2-3-11(14)9-12/h2-4,9,15H,5-8,10,14H2,1H3. The Balaban J connectivity index is 1.83. The maximum absolute atomic E-state index is 5.73. The zero-order valence-electron chi connectivity index (χ0n) is 9.83. The third kappa shape index (κ3) is 2.89. The lowest BCUT2D eigenvalue weighted by atomic mass is 10.0. The smallest absolute Gasteiger partial charge is 0.0468 e. The molecule has 0 aliphatic heterocycles. The zero-order valence-corrected chi connectivity index (χ0v) is 9.83. The molecule has 88 valence electrons. The lowest BCUT2D eigenvalue weighted by Crippen LogP contribution is -2.17. The van der Waals surface area contributed by atoms with Gasteiger partial charge in [0, 0.05) is 31.6 Å². The van der Waals surface area contributed by atoms with Gasteiger partial charge in [-0.3, -0.25) is 0 Å². The van der Waals surface area contributed by atoms with Crippen LogP contribution in [0, 0.1) is 5.41 Å². The molecule has 1 fully saturated rings. The zero-order chi connectivity index (χ0) is 11.4. The number of hydrogen-bond acceptors (Lipinski definition) is 3. The Morgan fingerprint density at radius 1 is 1.44 bits per heavy atom. The van der Waals surface area contributed by atoms with Gasteiger partial charge in [-0.15, -0.1) is 0 Å². The summed E-state index contributed by atoms with van der Waals surface area (Å²) in [4.78, 5) is 0. The maximum atomic E-state index is 5.73. The fraction of sp³-hybridized carbons (Fsp3) is 0.538. The molecule has 0 heterocycles. The Hall–Kier alpha value is -1.22. The largest absolute Gasteiger partial charge is 0.399 e. The fourth-order valence-electron chi connectivity index (χ4n) is 1.95. The van der Waals surface area contributed by atoms with Crippen molar-refractivity contribution in [1.29, 1.82) is 0 Å². The van der Waals surface area contributed by atoms with Crippen molar-refractivity contribution >= 4 is 11.4 Å². The maximum Gasteiger partial charge on any atom is 0.0468 e. The van der Waals surface area contributed by atoms with Gasteiger partial charge in [0.2, 0.25) is 0 Å². The minimum Gasteiger partial charge on any atom is -0.399 e. The molecule has 0 saturated heterocycles. The molecule has 1 saturated carbocycles. The summed E-state index contributed by atoms with van der Waals surface area (Å²) in [5.74, 6) is 0. The number of nitrogens with one attached hydrogen (secondary N) is 1. The van der Waals surface area contributed by atoms with Gasteiger partial charge >= 0.3 is 0 Å². The van der Waals surface area contributed by atoms with Crippen LogP contribution in [-0.4, -0.2) is 20.3 Å². The van der Waals surface area contributed by atoms with Crippen LogP contribution in [-0.2, 0) is 4.74 Å².